The summed E-state index contributed by atoms with van der Waals surface area (Å²) in [6.07, 6.45) is 9.40. The van der Waals surface area contributed by atoms with Gasteiger partial charge >= 0.3 is 0 Å². The third-order valence-electron chi connectivity index (χ3n) is 6.97. The van der Waals surface area contributed by atoms with Crippen molar-refractivity contribution in [2.24, 2.45) is 11.3 Å². The number of rotatable bonds is 2. The van der Waals surface area contributed by atoms with Gasteiger partial charge in [0, 0.05) is 5.41 Å². The van der Waals surface area contributed by atoms with Crippen LogP contribution >= 0.6 is 0 Å². The Morgan fingerprint density at radius 1 is 1.10 bits per heavy atom. The van der Waals surface area contributed by atoms with E-state index in [1.807, 2.05) is 0 Å². The smallest absolute Gasteiger partial charge is 0.0730 e. The second-order valence-corrected chi connectivity index (χ2v) is 8.14. The van der Waals surface area contributed by atoms with Crippen LogP contribution in [0.15, 0.2) is 6.07 Å². The van der Waals surface area contributed by atoms with Crippen molar-refractivity contribution in [3.63, 3.8) is 0 Å². The number of aromatic nitrogens is 2. The summed E-state index contributed by atoms with van der Waals surface area (Å²) in [5, 5.41) is 9.29. The molecule has 3 aliphatic carbocycles. The molecule has 0 saturated heterocycles. The molecule has 2 heteroatoms. The van der Waals surface area contributed by atoms with E-state index in [0.717, 1.165) is 12.3 Å². The molecule has 4 rings (SSSR count). The molecule has 20 heavy (non-hydrogen) atoms. The van der Waals surface area contributed by atoms with Crippen LogP contribution in [0.4, 0.5) is 0 Å². The SMILES string of the molecule is CC12CCC(c3cc(CC4CCCC4)nnc31)C2(C)C. The number of hydrogen-bond donors (Lipinski definition) is 0. The van der Waals surface area contributed by atoms with E-state index in [9.17, 15) is 0 Å². The van der Waals surface area contributed by atoms with Crippen LogP contribution in [0.5, 0.6) is 0 Å². The molecule has 2 fully saturated rings. The first-order valence-corrected chi connectivity index (χ1v) is 8.39. The second kappa shape index (κ2) is 4.05. The third kappa shape index (κ3) is 1.51. The molecule has 108 valence electrons. The fourth-order valence-electron chi connectivity index (χ4n) is 5.22. The molecule has 0 spiro atoms. The van der Waals surface area contributed by atoms with Crippen molar-refractivity contribution in [3.8, 4) is 0 Å². The van der Waals surface area contributed by atoms with E-state index in [-0.39, 0.29) is 5.41 Å². The molecule has 2 bridgehead atoms. The van der Waals surface area contributed by atoms with Gasteiger partial charge in [-0.05, 0) is 48.1 Å². The van der Waals surface area contributed by atoms with Gasteiger partial charge in [-0.15, -0.1) is 0 Å². The minimum atomic E-state index is 0.256. The number of hydrogen-bond acceptors (Lipinski definition) is 2. The highest BCUT2D eigenvalue weighted by Gasteiger charge is 2.60. The van der Waals surface area contributed by atoms with Gasteiger partial charge in [0.1, 0.15) is 0 Å². The van der Waals surface area contributed by atoms with Crippen LogP contribution in [-0.2, 0) is 11.8 Å². The van der Waals surface area contributed by atoms with Gasteiger partial charge in [0.15, 0.2) is 0 Å². The summed E-state index contributed by atoms with van der Waals surface area (Å²) in [5.74, 6) is 1.57. The Morgan fingerprint density at radius 3 is 2.60 bits per heavy atom. The molecule has 2 saturated carbocycles. The maximum absolute atomic E-state index is 4.70. The average Bonchev–Trinajstić information content (AvgIpc) is 3.02. The van der Waals surface area contributed by atoms with Crippen LogP contribution in [0.25, 0.3) is 0 Å². The fourth-order valence-corrected chi connectivity index (χ4v) is 5.22. The zero-order valence-electron chi connectivity index (χ0n) is 13.1. The van der Waals surface area contributed by atoms with Crippen molar-refractivity contribution in [3.05, 3.63) is 23.0 Å². The third-order valence-corrected chi connectivity index (χ3v) is 6.97. The largest absolute Gasteiger partial charge is 0.155 e. The second-order valence-electron chi connectivity index (χ2n) is 8.14. The first-order chi connectivity index (χ1) is 9.52. The maximum Gasteiger partial charge on any atom is 0.0730 e. The van der Waals surface area contributed by atoms with Crippen molar-refractivity contribution in [1.82, 2.24) is 10.2 Å². The lowest BCUT2D eigenvalue weighted by atomic mass is 9.70. The van der Waals surface area contributed by atoms with E-state index in [2.05, 4.69) is 31.9 Å². The van der Waals surface area contributed by atoms with E-state index >= 15 is 0 Å². The average molecular weight is 270 g/mol. The number of nitrogens with zero attached hydrogens (tertiary/aromatic N) is 2. The minimum absolute atomic E-state index is 0.256. The summed E-state index contributed by atoms with van der Waals surface area (Å²) in [5.41, 5.74) is 4.71. The molecule has 1 aromatic heterocycles. The first kappa shape index (κ1) is 12.8. The minimum Gasteiger partial charge on any atom is -0.155 e. The molecule has 2 nitrogen and oxygen atoms in total. The maximum atomic E-state index is 4.70. The summed E-state index contributed by atoms with van der Waals surface area (Å²) in [6, 6.07) is 2.41. The van der Waals surface area contributed by atoms with Crippen molar-refractivity contribution < 1.29 is 0 Å². The lowest BCUT2D eigenvalue weighted by molar-refractivity contribution is 0.226. The van der Waals surface area contributed by atoms with Gasteiger partial charge in [0.25, 0.3) is 0 Å². The van der Waals surface area contributed by atoms with Crippen molar-refractivity contribution >= 4 is 0 Å². The van der Waals surface area contributed by atoms with Crippen LogP contribution in [0.3, 0.4) is 0 Å². The summed E-state index contributed by atoms with van der Waals surface area (Å²) in [4.78, 5) is 0. The normalized spacial score (nSPS) is 34.6. The quantitative estimate of drug-likeness (QED) is 0.796. The van der Waals surface area contributed by atoms with Crippen molar-refractivity contribution in [2.75, 3.05) is 0 Å². The zero-order chi connectivity index (χ0) is 14.0. The van der Waals surface area contributed by atoms with E-state index < -0.39 is 0 Å². The standard InChI is InChI=1S/C18H26N2/c1-17(2)15-8-9-18(17,3)16-14(15)11-13(19-20-16)10-12-6-4-5-7-12/h11-12,15H,4-10H2,1-3H3. The highest BCUT2D eigenvalue weighted by Crippen LogP contribution is 2.66. The highest BCUT2D eigenvalue weighted by atomic mass is 15.1. The summed E-state index contributed by atoms with van der Waals surface area (Å²) in [6.45, 7) is 7.27. The predicted molar refractivity (Wildman–Crippen MR) is 80.8 cm³/mol. The summed E-state index contributed by atoms with van der Waals surface area (Å²) < 4.78 is 0. The van der Waals surface area contributed by atoms with Gasteiger partial charge < -0.3 is 0 Å². The van der Waals surface area contributed by atoms with Gasteiger partial charge in [0.2, 0.25) is 0 Å². The zero-order valence-corrected chi connectivity index (χ0v) is 13.1. The van der Waals surface area contributed by atoms with Crippen LogP contribution in [-0.4, -0.2) is 10.2 Å². The van der Waals surface area contributed by atoms with Gasteiger partial charge in [0.05, 0.1) is 11.4 Å². The van der Waals surface area contributed by atoms with Crippen LogP contribution in [0.1, 0.15) is 82.2 Å². The van der Waals surface area contributed by atoms with Gasteiger partial charge in [-0.25, -0.2) is 0 Å². The Morgan fingerprint density at radius 2 is 1.85 bits per heavy atom. The Bertz CT molecular complexity index is 542. The molecule has 0 amide bonds. The topological polar surface area (TPSA) is 25.8 Å². The molecule has 1 aromatic rings. The first-order valence-electron chi connectivity index (χ1n) is 8.39. The van der Waals surface area contributed by atoms with E-state index in [1.165, 1.54) is 55.5 Å². The Labute approximate surface area is 122 Å². The van der Waals surface area contributed by atoms with Crippen LogP contribution < -0.4 is 0 Å². The van der Waals surface area contributed by atoms with Gasteiger partial charge in [-0.1, -0.05) is 46.5 Å². The Balaban J connectivity index is 1.68. The monoisotopic (exact) mass is 270 g/mol. The van der Waals surface area contributed by atoms with Crippen LogP contribution in [0.2, 0.25) is 0 Å². The summed E-state index contributed by atoms with van der Waals surface area (Å²) >= 11 is 0. The van der Waals surface area contributed by atoms with Gasteiger partial charge in [-0.3, -0.25) is 0 Å². The van der Waals surface area contributed by atoms with Crippen molar-refractivity contribution in [2.45, 2.75) is 77.0 Å². The highest BCUT2D eigenvalue weighted by molar-refractivity contribution is 5.45. The molecular weight excluding hydrogens is 244 g/mol. The van der Waals surface area contributed by atoms with Gasteiger partial charge in [-0.2, -0.15) is 10.2 Å². The molecule has 1 heterocycles. The summed E-state index contributed by atoms with van der Waals surface area (Å²) in [7, 11) is 0. The molecular formula is C18H26N2. The molecule has 0 N–H and O–H groups in total. The molecule has 0 aliphatic heterocycles. The van der Waals surface area contributed by atoms with Crippen LogP contribution in [0, 0.1) is 11.3 Å². The lowest BCUT2D eigenvalue weighted by Crippen LogP contribution is -2.32. The van der Waals surface area contributed by atoms with E-state index in [0.29, 0.717) is 11.3 Å². The van der Waals surface area contributed by atoms with E-state index in [1.54, 1.807) is 0 Å². The fraction of sp³-hybridized carbons (Fsp3) is 0.778. The molecule has 2 unspecified atom stereocenters. The predicted octanol–water partition coefficient (Wildman–Crippen LogP) is 4.38. The lowest BCUT2D eigenvalue weighted by Gasteiger charge is -2.33. The molecule has 2 atom stereocenters. The number of fused-ring (bicyclic) bond motifs is 5. The molecule has 0 radical (unpaired) electrons. The molecule has 0 aromatic carbocycles. The Kier molecular flexibility index (Phi) is 2.59. The molecule has 3 aliphatic rings. The van der Waals surface area contributed by atoms with Crippen molar-refractivity contribution in [1.29, 1.82) is 0 Å². The Hall–Kier alpha value is -0.920. The van der Waals surface area contributed by atoms with E-state index in [4.69, 9.17) is 5.10 Å².